The van der Waals surface area contributed by atoms with Crippen LogP contribution in [0.15, 0.2) is 23.2 Å². The van der Waals surface area contributed by atoms with E-state index < -0.39 is 25.2 Å². The average Bonchev–Trinajstić information content (AvgIpc) is 2.66. The minimum Gasteiger partial charge on any atom is -0.367 e. The van der Waals surface area contributed by atoms with Crippen LogP contribution in [0.5, 0.6) is 0 Å². The number of benzene rings is 1. The first-order valence-electron chi connectivity index (χ1n) is 9.95. The summed E-state index contributed by atoms with van der Waals surface area (Å²) in [5.74, 6) is -0.653. The van der Waals surface area contributed by atoms with Crippen molar-refractivity contribution in [3.05, 3.63) is 29.6 Å². The van der Waals surface area contributed by atoms with Gasteiger partial charge in [0, 0.05) is 32.7 Å². The van der Waals surface area contributed by atoms with E-state index >= 15 is 0 Å². The molecule has 1 saturated heterocycles. The predicted molar refractivity (Wildman–Crippen MR) is 109 cm³/mol. The summed E-state index contributed by atoms with van der Waals surface area (Å²) in [6.07, 6.45) is -2.78. The van der Waals surface area contributed by atoms with Crippen LogP contribution < -0.4 is 15.5 Å². The Kier molecular flexibility index (Phi) is 8.31. The Bertz CT molecular complexity index is 753. The Hall–Kier alpha value is -2.52. The molecule has 1 atom stereocenters. The van der Waals surface area contributed by atoms with Crippen molar-refractivity contribution in [3.63, 3.8) is 0 Å². The van der Waals surface area contributed by atoms with Crippen LogP contribution in [0.4, 0.5) is 23.2 Å². The zero-order chi connectivity index (χ0) is 22.3. The zero-order valence-corrected chi connectivity index (χ0v) is 17.5. The van der Waals surface area contributed by atoms with E-state index in [9.17, 15) is 22.4 Å². The molecule has 1 amide bonds. The van der Waals surface area contributed by atoms with Crippen LogP contribution in [0.3, 0.4) is 0 Å². The molecule has 168 valence electrons. The fraction of sp³-hybridized carbons (Fsp3) is 0.600. The van der Waals surface area contributed by atoms with Gasteiger partial charge in [-0.3, -0.25) is 4.79 Å². The summed E-state index contributed by atoms with van der Waals surface area (Å²) in [5.41, 5.74) is 1.52. The largest absolute Gasteiger partial charge is 0.406 e. The summed E-state index contributed by atoms with van der Waals surface area (Å²) in [6.45, 7) is 3.85. The number of rotatable bonds is 6. The molecule has 30 heavy (non-hydrogen) atoms. The summed E-state index contributed by atoms with van der Waals surface area (Å²) in [7, 11) is 1.10. The molecule has 2 N–H and O–H groups in total. The standard InChI is InChI=1S/C20H29F4N5O/c1-4-25-19(26-11-18(30)28(3)13-20(22,23)24)27-15-6-5-9-29(12-15)17-10-14(2)7-8-16(17)21/h7-8,10,15H,4-6,9,11-13H2,1-3H3,(H2,25,26,27). The van der Waals surface area contributed by atoms with E-state index in [1.54, 1.807) is 6.07 Å². The van der Waals surface area contributed by atoms with Crippen molar-refractivity contribution in [2.75, 3.05) is 44.7 Å². The number of nitrogens with one attached hydrogen (secondary N) is 2. The third-order valence-electron chi connectivity index (χ3n) is 4.76. The molecule has 0 saturated carbocycles. The van der Waals surface area contributed by atoms with Gasteiger partial charge in [0.25, 0.3) is 0 Å². The first kappa shape index (κ1) is 23.8. The smallest absolute Gasteiger partial charge is 0.367 e. The van der Waals surface area contributed by atoms with Gasteiger partial charge in [-0.05, 0) is 44.4 Å². The number of hydrogen-bond acceptors (Lipinski definition) is 3. The number of piperidine rings is 1. The van der Waals surface area contributed by atoms with E-state index in [0.29, 0.717) is 29.6 Å². The molecule has 1 fully saturated rings. The lowest BCUT2D eigenvalue weighted by atomic mass is 10.0. The number of anilines is 1. The Labute approximate surface area is 174 Å². The molecule has 1 aliphatic rings. The van der Waals surface area contributed by atoms with Crippen LogP contribution >= 0.6 is 0 Å². The fourth-order valence-corrected chi connectivity index (χ4v) is 3.32. The monoisotopic (exact) mass is 431 g/mol. The molecule has 1 aromatic carbocycles. The topological polar surface area (TPSA) is 60.0 Å². The third kappa shape index (κ3) is 7.38. The van der Waals surface area contributed by atoms with Crippen molar-refractivity contribution in [2.24, 2.45) is 4.99 Å². The molecular weight excluding hydrogens is 402 g/mol. The Morgan fingerprint density at radius 3 is 2.77 bits per heavy atom. The van der Waals surface area contributed by atoms with Crippen molar-refractivity contribution in [3.8, 4) is 0 Å². The quantitative estimate of drug-likeness (QED) is 0.413. The second-order valence-electron chi connectivity index (χ2n) is 7.44. The highest BCUT2D eigenvalue weighted by molar-refractivity contribution is 5.85. The van der Waals surface area contributed by atoms with Gasteiger partial charge in [0.15, 0.2) is 5.96 Å². The molecule has 1 heterocycles. The first-order valence-corrected chi connectivity index (χ1v) is 9.95. The maximum absolute atomic E-state index is 14.2. The number of halogens is 4. The normalized spacial score (nSPS) is 17.6. The summed E-state index contributed by atoms with van der Waals surface area (Å²) < 4.78 is 51.6. The van der Waals surface area contributed by atoms with E-state index in [-0.39, 0.29) is 11.9 Å². The van der Waals surface area contributed by atoms with Crippen molar-refractivity contribution >= 4 is 17.6 Å². The number of aryl methyl sites for hydroxylation is 1. The number of nitrogens with zero attached hydrogens (tertiary/aromatic N) is 3. The highest BCUT2D eigenvalue weighted by Gasteiger charge is 2.31. The number of likely N-dealkylation sites (N-methyl/N-ethyl adjacent to an activating group) is 1. The lowest BCUT2D eigenvalue weighted by Crippen LogP contribution is -2.51. The van der Waals surface area contributed by atoms with Gasteiger partial charge < -0.3 is 20.4 Å². The Morgan fingerprint density at radius 1 is 1.37 bits per heavy atom. The Balaban J connectivity index is 2.00. The summed E-state index contributed by atoms with van der Waals surface area (Å²) in [6, 6.07) is 4.95. The number of guanidine groups is 1. The highest BCUT2D eigenvalue weighted by atomic mass is 19.4. The van der Waals surface area contributed by atoms with Gasteiger partial charge in [-0.25, -0.2) is 9.38 Å². The van der Waals surface area contributed by atoms with E-state index in [0.717, 1.165) is 32.0 Å². The molecule has 10 heteroatoms. The number of amides is 1. The summed E-state index contributed by atoms with van der Waals surface area (Å²) in [5, 5.41) is 6.22. The molecule has 1 unspecified atom stereocenters. The van der Waals surface area contributed by atoms with Crippen LogP contribution in [-0.4, -0.2) is 68.8 Å². The molecule has 0 radical (unpaired) electrons. The molecule has 2 rings (SSSR count). The van der Waals surface area contributed by atoms with Gasteiger partial charge in [-0.1, -0.05) is 6.07 Å². The Morgan fingerprint density at radius 2 is 2.10 bits per heavy atom. The predicted octanol–water partition coefficient (Wildman–Crippen LogP) is 2.68. The number of carbonyl (C=O) groups excluding carboxylic acids is 1. The molecule has 0 spiro atoms. The van der Waals surface area contributed by atoms with Crippen molar-refractivity contribution < 1.29 is 22.4 Å². The van der Waals surface area contributed by atoms with Gasteiger partial charge in [-0.2, -0.15) is 13.2 Å². The van der Waals surface area contributed by atoms with Gasteiger partial charge >= 0.3 is 6.18 Å². The van der Waals surface area contributed by atoms with Crippen LogP contribution in [0.25, 0.3) is 0 Å². The maximum Gasteiger partial charge on any atom is 0.406 e. The van der Waals surface area contributed by atoms with Crippen LogP contribution in [0.1, 0.15) is 25.3 Å². The van der Waals surface area contributed by atoms with E-state index in [4.69, 9.17) is 0 Å². The minimum absolute atomic E-state index is 0.0422. The highest BCUT2D eigenvalue weighted by Crippen LogP contribution is 2.24. The molecule has 1 aliphatic heterocycles. The maximum atomic E-state index is 14.2. The minimum atomic E-state index is -4.45. The SMILES string of the molecule is CCNC(=NCC(=O)N(C)CC(F)(F)F)NC1CCCN(c2cc(C)ccc2F)C1. The zero-order valence-electron chi connectivity index (χ0n) is 17.5. The van der Waals surface area contributed by atoms with Crippen LogP contribution in [-0.2, 0) is 4.79 Å². The van der Waals surface area contributed by atoms with Gasteiger partial charge in [0.1, 0.15) is 18.9 Å². The lowest BCUT2D eigenvalue weighted by Gasteiger charge is -2.35. The average molecular weight is 431 g/mol. The van der Waals surface area contributed by atoms with E-state index in [2.05, 4.69) is 15.6 Å². The molecule has 0 bridgehead atoms. The molecule has 0 aliphatic carbocycles. The van der Waals surface area contributed by atoms with Gasteiger partial charge in [0.2, 0.25) is 5.91 Å². The second-order valence-corrected chi connectivity index (χ2v) is 7.44. The van der Waals surface area contributed by atoms with Gasteiger partial charge in [-0.15, -0.1) is 0 Å². The number of aliphatic imine (C=N–C) groups is 1. The van der Waals surface area contributed by atoms with Crippen molar-refractivity contribution in [1.29, 1.82) is 0 Å². The number of alkyl halides is 3. The molecule has 6 nitrogen and oxygen atoms in total. The molecule has 1 aromatic rings. The second kappa shape index (κ2) is 10.5. The van der Waals surface area contributed by atoms with Crippen molar-refractivity contribution in [1.82, 2.24) is 15.5 Å². The van der Waals surface area contributed by atoms with Crippen LogP contribution in [0, 0.1) is 12.7 Å². The third-order valence-corrected chi connectivity index (χ3v) is 4.76. The number of carbonyl (C=O) groups is 1. The molecular formula is C20H29F4N5O. The van der Waals surface area contributed by atoms with E-state index in [1.165, 1.54) is 6.07 Å². The molecule has 0 aromatic heterocycles. The first-order chi connectivity index (χ1) is 14.1. The fourth-order valence-electron chi connectivity index (χ4n) is 3.32. The van der Waals surface area contributed by atoms with E-state index in [1.807, 2.05) is 24.8 Å². The summed E-state index contributed by atoms with van der Waals surface area (Å²) in [4.78, 5) is 18.6. The lowest BCUT2D eigenvalue weighted by molar-refractivity contribution is -0.157. The van der Waals surface area contributed by atoms with Crippen LogP contribution in [0.2, 0.25) is 0 Å². The van der Waals surface area contributed by atoms with Crippen molar-refractivity contribution in [2.45, 2.75) is 38.9 Å². The number of hydrogen-bond donors (Lipinski definition) is 2. The summed E-state index contributed by atoms with van der Waals surface area (Å²) >= 11 is 0. The van der Waals surface area contributed by atoms with Gasteiger partial charge in [0.05, 0.1) is 5.69 Å².